The number of rotatable bonds is 3. The van der Waals surface area contributed by atoms with Gasteiger partial charge in [-0.05, 0) is 46.1 Å². The van der Waals surface area contributed by atoms with Gasteiger partial charge in [0.25, 0.3) is 0 Å². The van der Waals surface area contributed by atoms with Gasteiger partial charge in [-0.2, -0.15) is 0 Å². The number of pyridine rings is 1. The first-order valence-electron chi connectivity index (χ1n) is 5.58. The van der Waals surface area contributed by atoms with Gasteiger partial charge in [0.15, 0.2) is 0 Å². The van der Waals surface area contributed by atoms with Crippen molar-refractivity contribution in [3.63, 3.8) is 0 Å². The van der Waals surface area contributed by atoms with E-state index in [9.17, 15) is 0 Å². The molecule has 0 radical (unpaired) electrons. The Hall–Kier alpha value is -1.35. The van der Waals surface area contributed by atoms with Crippen LogP contribution in [0.2, 0.25) is 0 Å². The molecule has 0 spiro atoms. The van der Waals surface area contributed by atoms with Crippen molar-refractivity contribution in [1.29, 1.82) is 0 Å². The highest BCUT2D eigenvalue weighted by Gasteiger charge is 2.21. The number of aromatic nitrogens is 2. The molecule has 16 heavy (non-hydrogen) atoms. The van der Waals surface area contributed by atoms with Crippen LogP contribution >= 0.6 is 0 Å². The smallest absolute Gasteiger partial charge is 0.0880 e. The van der Waals surface area contributed by atoms with Gasteiger partial charge in [-0.15, -0.1) is 0 Å². The molecule has 0 N–H and O–H groups in total. The van der Waals surface area contributed by atoms with Crippen LogP contribution in [0.5, 0.6) is 0 Å². The second-order valence-electron chi connectivity index (χ2n) is 5.06. The van der Waals surface area contributed by atoms with Gasteiger partial charge in [-0.1, -0.05) is 0 Å². The molecule has 0 atom stereocenters. The van der Waals surface area contributed by atoms with Crippen LogP contribution in [-0.2, 0) is 6.54 Å². The van der Waals surface area contributed by atoms with Gasteiger partial charge in [0, 0.05) is 24.5 Å². The van der Waals surface area contributed by atoms with Crippen LogP contribution in [0.3, 0.4) is 0 Å². The van der Waals surface area contributed by atoms with Crippen molar-refractivity contribution in [1.82, 2.24) is 14.5 Å². The van der Waals surface area contributed by atoms with Gasteiger partial charge in [0.1, 0.15) is 0 Å². The predicted octanol–water partition coefficient (Wildman–Crippen LogP) is 2.38. The first kappa shape index (κ1) is 11.1. The molecule has 2 rings (SSSR count). The maximum absolute atomic E-state index is 4.34. The van der Waals surface area contributed by atoms with E-state index in [2.05, 4.69) is 60.7 Å². The van der Waals surface area contributed by atoms with Gasteiger partial charge < -0.3 is 9.47 Å². The summed E-state index contributed by atoms with van der Waals surface area (Å²) in [4.78, 5) is 6.59. The van der Waals surface area contributed by atoms with Crippen LogP contribution in [0.15, 0.2) is 30.6 Å². The Kier molecular flexibility index (Phi) is 2.72. The van der Waals surface area contributed by atoms with Gasteiger partial charge in [-0.25, -0.2) is 0 Å². The number of hydrogen-bond acceptors (Lipinski definition) is 2. The molecule has 0 aliphatic heterocycles. The lowest BCUT2D eigenvalue weighted by atomic mass is 10.0. The molecule has 0 saturated carbocycles. The van der Waals surface area contributed by atoms with E-state index in [-0.39, 0.29) is 5.54 Å². The quantitative estimate of drug-likeness (QED) is 0.787. The summed E-state index contributed by atoms with van der Waals surface area (Å²) in [7, 11) is 4.23. The van der Waals surface area contributed by atoms with Crippen LogP contribution < -0.4 is 0 Å². The highest BCUT2D eigenvalue weighted by atomic mass is 15.2. The zero-order valence-corrected chi connectivity index (χ0v) is 10.4. The summed E-state index contributed by atoms with van der Waals surface area (Å²) >= 11 is 0. The topological polar surface area (TPSA) is 21.1 Å². The molecular formula is C13H19N3. The third kappa shape index (κ3) is 1.95. The Morgan fingerprint density at radius 2 is 2.06 bits per heavy atom. The van der Waals surface area contributed by atoms with Crippen molar-refractivity contribution >= 4 is 11.0 Å². The first-order chi connectivity index (χ1) is 7.50. The zero-order chi connectivity index (χ0) is 11.8. The van der Waals surface area contributed by atoms with Crippen molar-refractivity contribution < 1.29 is 0 Å². The first-order valence-corrected chi connectivity index (χ1v) is 5.58. The van der Waals surface area contributed by atoms with Gasteiger partial charge >= 0.3 is 0 Å². The van der Waals surface area contributed by atoms with E-state index < -0.39 is 0 Å². The Morgan fingerprint density at radius 1 is 1.31 bits per heavy atom. The molecule has 0 bridgehead atoms. The third-order valence-electron chi connectivity index (χ3n) is 3.31. The lowest BCUT2D eigenvalue weighted by Crippen LogP contribution is -2.41. The van der Waals surface area contributed by atoms with Crippen molar-refractivity contribution in [3.05, 3.63) is 30.6 Å². The van der Waals surface area contributed by atoms with Gasteiger partial charge in [-0.3, -0.25) is 4.98 Å². The normalized spacial score (nSPS) is 12.6. The van der Waals surface area contributed by atoms with Gasteiger partial charge in [0.2, 0.25) is 0 Å². The maximum atomic E-state index is 4.34. The van der Waals surface area contributed by atoms with E-state index in [1.54, 1.807) is 0 Å². The Morgan fingerprint density at radius 3 is 2.75 bits per heavy atom. The lowest BCUT2D eigenvalue weighted by molar-refractivity contribution is 0.171. The van der Waals surface area contributed by atoms with Crippen LogP contribution in [0, 0.1) is 0 Å². The average Bonchev–Trinajstić information content (AvgIpc) is 2.61. The van der Waals surface area contributed by atoms with Crippen LogP contribution in [0.1, 0.15) is 13.8 Å². The molecular weight excluding hydrogens is 198 g/mol. The summed E-state index contributed by atoms with van der Waals surface area (Å²) < 4.78 is 2.27. The minimum atomic E-state index is 0.141. The van der Waals surface area contributed by atoms with Crippen molar-refractivity contribution in [2.24, 2.45) is 0 Å². The molecule has 0 amide bonds. The van der Waals surface area contributed by atoms with Crippen LogP contribution in [0.4, 0.5) is 0 Å². The molecule has 0 aliphatic rings. The Balaban J connectivity index is 2.35. The fourth-order valence-corrected chi connectivity index (χ4v) is 1.72. The summed E-state index contributed by atoms with van der Waals surface area (Å²) in [6.45, 7) is 5.46. The standard InChI is InChI=1S/C13H19N3/c1-13(2,15(3)4)10-16-9-7-11-12(16)6-5-8-14-11/h5-9H,10H2,1-4H3. The fraction of sp³-hybridized carbons (Fsp3) is 0.462. The summed E-state index contributed by atoms with van der Waals surface area (Å²) in [5.74, 6) is 0. The highest BCUT2D eigenvalue weighted by Crippen LogP contribution is 2.18. The highest BCUT2D eigenvalue weighted by molar-refractivity contribution is 5.75. The molecule has 86 valence electrons. The molecule has 2 aromatic rings. The SMILES string of the molecule is CN(C)C(C)(C)Cn1ccc2ncccc21. The molecule has 0 saturated heterocycles. The number of nitrogens with zero attached hydrogens (tertiary/aromatic N) is 3. The van der Waals surface area contributed by atoms with Crippen molar-refractivity contribution in [2.75, 3.05) is 14.1 Å². The molecule has 2 heterocycles. The third-order valence-corrected chi connectivity index (χ3v) is 3.31. The summed E-state index contributed by atoms with van der Waals surface area (Å²) in [6, 6.07) is 6.18. The minimum Gasteiger partial charge on any atom is -0.344 e. The largest absolute Gasteiger partial charge is 0.344 e. The Labute approximate surface area is 96.7 Å². The average molecular weight is 217 g/mol. The maximum Gasteiger partial charge on any atom is 0.0880 e. The molecule has 0 aromatic carbocycles. The van der Waals surface area contributed by atoms with E-state index in [1.165, 1.54) is 5.52 Å². The lowest BCUT2D eigenvalue weighted by Gasteiger charge is -2.33. The molecule has 3 heteroatoms. The molecule has 0 unspecified atom stereocenters. The monoisotopic (exact) mass is 217 g/mol. The molecule has 0 aliphatic carbocycles. The fourth-order valence-electron chi connectivity index (χ4n) is 1.72. The summed E-state index contributed by atoms with van der Waals surface area (Å²) in [5.41, 5.74) is 2.41. The van der Waals surface area contributed by atoms with Crippen molar-refractivity contribution in [2.45, 2.75) is 25.9 Å². The molecule has 3 nitrogen and oxygen atoms in total. The number of likely N-dealkylation sites (N-methyl/N-ethyl adjacent to an activating group) is 1. The van der Waals surface area contributed by atoms with Crippen LogP contribution in [0.25, 0.3) is 11.0 Å². The van der Waals surface area contributed by atoms with E-state index in [0.717, 1.165) is 12.1 Å². The zero-order valence-electron chi connectivity index (χ0n) is 10.4. The molecule has 2 aromatic heterocycles. The van der Waals surface area contributed by atoms with E-state index in [1.807, 2.05) is 12.3 Å². The van der Waals surface area contributed by atoms with Crippen LogP contribution in [-0.4, -0.2) is 34.1 Å². The second kappa shape index (κ2) is 3.91. The Bertz CT molecular complexity index is 483. The van der Waals surface area contributed by atoms with Gasteiger partial charge in [0.05, 0.1) is 11.0 Å². The van der Waals surface area contributed by atoms with E-state index >= 15 is 0 Å². The van der Waals surface area contributed by atoms with Crippen molar-refractivity contribution in [3.8, 4) is 0 Å². The predicted molar refractivity (Wildman–Crippen MR) is 67.5 cm³/mol. The summed E-state index contributed by atoms with van der Waals surface area (Å²) in [5, 5.41) is 0. The van der Waals surface area contributed by atoms with E-state index in [4.69, 9.17) is 0 Å². The molecule has 0 fully saturated rings. The summed E-state index contributed by atoms with van der Waals surface area (Å²) in [6.07, 6.45) is 3.95. The van der Waals surface area contributed by atoms with E-state index in [0.29, 0.717) is 0 Å². The second-order valence-corrected chi connectivity index (χ2v) is 5.06. The minimum absolute atomic E-state index is 0.141. The number of hydrogen-bond donors (Lipinski definition) is 0. The number of fused-ring (bicyclic) bond motifs is 1.